The highest BCUT2D eigenvalue weighted by molar-refractivity contribution is 6.47. The average molecular weight is 359 g/mol. The van der Waals surface area contributed by atoms with E-state index in [1.165, 1.54) is 6.07 Å². The number of nitriles is 1. The summed E-state index contributed by atoms with van der Waals surface area (Å²) < 4.78 is 60.4. The number of rotatable bonds is 3. The summed E-state index contributed by atoms with van der Waals surface area (Å²) >= 11 is 0. The minimum Gasteiger partial charge on any atom is -0.421 e. The van der Waals surface area contributed by atoms with Crippen molar-refractivity contribution < 1.29 is 31.8 Å². The van der Waals surface area contributed by atoms with Crippen LogP contribution in [0.25, 0.3) is 0 Å². The molecule has 0 spiro atoms. The Morgan fingerprint density at radius 2 is 1.72 bits per heavy atom. The van der Waals surface area contributed by atoms with Gasteiger partial charge in [0.1, 0.15) is 6.07 Å². The molecule has 10 heteroatoms. The molecule has 0 saturated heterocycles. The SMILES string of the molecule is CC(C)(C)C(=O)/C(C#N)=N/Nc1ccc2c(c1)OC(F)(F)C(F)(F)O2. The van der Waals surface area contributed by atoms with Crippen molar-refractivity contribution in [3.05, 3.63) is 18.2 Å². The Morgan fingerprint density at radius 1 is 1.16 bits per heavy atom. The predicted molar refractivity (Wildman–Crippen MR) is 78.7 cm³/mol. The van der Waals surface area contributed by atoms with Crippen LogP contribution < -0.4 is 14.9 Å². The molecule has 0 atom stereocenters. The standard InChI is InChI=1S/C15H13F4N3O3/c1-13(2,3)12(23)9(7-20)22-21-8-4-5-10-11(6-8)25-15(18,19)14(16,17)24-10/h4-6,21H,1-3H3/b22-9+. The first kappa shape index (κ1) is 18.5. The number of anilines is 1. The van der Waals surface area contributed by atoms with E-state index >= 15 is 0 Å². The first-order chi connectivity index (χ1) is 11.4. The summed E-state index contributed by atoms with van der Waals surface area (Å²) in [6.07, 6.45) is -9.65. The summed E-state index contributed by atoms with van der Waals surface area (Å²) in [6, 6.07) is 4.71. The van der Waals surface area contributed by atoms with Gasteiger partial charge in [0.15, 0.2) is 17.3 Å². The van der Waals surface area contributed by atoms with Gasteiger partial charge in [0.05, 0.1) is 5.69 Å². The van der Waals surface area contributed by atoms with E-state index in [-0.39, 0.29) is 5.69 Å². The number of hydrazone groups is 1. The van der Waals surface area contributed by atoms with Crippen LogP contribution in [0.3, 0.4) is 0 Å². The molecule has 0 aromatic heterocycles. The topological polar surface area (TPSA) is 83.7 Å². The van der Waals surface area contributed by atoms with E-state index in [0.717, 1.165) is 12.1 Å². The third-order valence-corrected chi connectivity index (χ3v) is 3.06. The number of nitrogens with one attached hydrogen (secondary N) is 1. The summed E-state index contributed by atoms with van der Waals surface area (Å²) in [6.45, 7) is 4.78. The van der Waals surface area contributed by atoms with Crippen LogP contribution in [0.5, 0.6) is 11.5 Å². The van der Waals surface area contributed by atoms with Gasteiger partial charge in [0.25, 0.3) is 0 Å². The van der Waals surface area contributed by atoms with Crippen molar-refractivity contribution in [3.63, 3.8) is 0 Å². The van der Waals surface area contributed by atoms with E-state index in [1.54, 1.807) is 26.8 Å². The van der Waals surface area contributed by atoms with Crippen LogP contribution in [0.15, 0.2) is 23.3 Å². The van der Waals surface area contributed by atoms with E-state index in [0.29, 0.717) is 0 Å². The van der Waals surface area contributed by atoms with Crippen LogP contribution >= 0.6 is 0 Å². The highest BCUT2D eigenvalue weighted by Gasteiger charge is 2.65. The number of ether oxygens (including phenoxy) is 2. The van der Waals surface area contributed by atoms with Crippen LogP contribution in [0, 0.1) is 16.7 Å². The predicted octanol–water partition coefficient (Wildman–Crippen LogP) is 3.55. The molecule has 6 nitrogen and oxygen atoms in total. The maximum atomic E-state index is 13.2. The average Bonchev–Trinajstić information content (AvgIpc) is 2.47. The number of Topliss-reactive ketones (excluding diaryl/α,β-unsaturated/α-hetero) is 1. The maximum Gasteiger partial charge on any atom is 0.507 e. The second-order valence-corrected chi connectivity index (χ2v) is 6.16. The molecule has 1 aromatic carbocycles. The Kier molecular flexibility index (Phi) is 4.38. The summed E-state index contributed by atoms with van der Waals surface area (Å²) in [4.78, 5) is 12.0. The summed E-state index contributed by atoms with van der Waals surface area (Å²) in [5.41, 5.74) is 1.07. The van der Waals surface area contributed by atoms with Crippen LogP contribution in [-0.4, -0.2) is 23.7 Å². The molecule has 2 rings (SSSR count). The lowest BCUT2D eigenvalue weighted by Crippen LogP contribution is -2.52. The number of hydrogen-bond donors (Lipinski definition) is 1. The highest BCUT2D eigenvalue weighted by atomic mass is 19.3. The van der Waals surface area contributed by atoms with Gasteiger partial charge in [-0.15, -0.1) is 0 Å². The molecule has 25 heavy (non-hydrogen) atoms. The fourth-order valence-corrected chi connectivity index (χ4v) is 1.74. The minimum absolute atomic E-state index is 0.0258. The molecule has 0 saturated carbocycles. The fourth-order valence-electron chi connectivity index (χ4n) is 1.74. The molecule has 1 aliphatic heterocycles. The van der Waals surface area contributed by atoms with Crippen LogP contribution in [0.2, 0.25) is 0 Å². The van der Waals surface area contributed by atoms with Gasteiger partial charge in [-0.2, -0.15) is 27.9 Å². The van der Waals surface area contributed by atoms with Crippen molar-refractivity contribution in [1.29, 1.82) is 5.26 Å². The monoisotopic (exact) mass is 359 g/mol. The molecular formula is C15H13F4N3O3. The van der Waals surface area contributed by atoms with Crippen LogP contribution in [0.4, 0.5) is 23.2 Å². The summed E-state index contributed by atoms with van der Waals surface area (Å²) in [5.74, 6) is -1.76. The molecule has 0 amide bonds. The number of hydrogen-bond acceptors (Lipinski definition) is 6. The zero-order valence-corrected chi connectivity index (χ0v) is 13.4. The first-order valence-electron chi connectivity index (χ1n) is 6.94. The number of nitrogens with zero attached hydrogens (tertiary/aromatic N) is 2. The number of halogens is 4. The van der Waals surface area contributed by atoms with Crippen LogP contribution in [-0.2, 0) is 4.79 Å². The van der Waals surface area contributed by atoms with Crippen molar-refractivity contribution >= 4 is 17.2 Å². The Labute approximate surface area is 140 Å². The molecule has 0 aliphatic carbocycles. The van der Waals surface area contributed by atoms with Gasteiger partial charge in [-0.1, -0.05) is 20.8 Å². The lowest BCUT2D eigenvalue weighted by Gasteiger charge is -2.31. The molecule has 0 radical (unpaired) electrons. The highest BCUT2D eigenvalue weighted by Crippen LogP contribution is 2.47. The Balaban J connectivity index is 2.26. The Morgan fingerprint density at radius 3 is 2.24 bits per heavy atom. The first-order valence-corrected chi connectivity index (χ1v) is 6.94. The number of fused-ring (bicyclic) bond motifs is 1. The van der Waals surface area contributed by atoms with E-state index < -0.39 is 40.6 Å². The Bertz CT molecular complexity index is 779. The molecule has 134 valence electrons. The van der Waals surface area contributed by atoms with Crippen molar-refractivity contribution in [2.75, 3.05) is 5.43 Å². The normalized spacial score (nSPS) is 18.2. The van der Waals surface area contributed by atoms with Crippen molar-refractivity contribution in [3.8, 4) is 17.6 Å². The van der Waals surface area contributed by atoms with E-state index in [4.69, 9.17) is 5.26 Å². The number of carbonyl (C=O) groups is 1. The zero-order valence-electron chi connectivity index (χ0n) is 13.4. The van der Waals surface area contributed by atoms with Gasteiger partial charge in [0.2, 0.25) is 5.71 Å². The third kappa shape index (κ3) is 3.65. The zero-order chi connectivity index (χ0) is 19.0. The number of ketones is 1. The van der Waals surface area contributed by atoms with Gasteiger partial charge < -0.3 is 9.47 Å². The smallest absolute Gasteiger partial charge is 0.421 e. The van der Waals surface area contributed by atoms with E-state index in [1.807, 2.05) is 0 Å². The molecule has 0 bridgehead atoms. The van der Waals surface area contributed by atoms with Gasteiger partial charge in [-0.05, 0) is 12.1 Å². The number of carbonyl (C=O) groups excluding carboxylic acids is 1. The Hall–Kier alpha value is -2.83. The fraction of sp³-hybridized carbons (Fsp3) is 0.400. The quantitative estimate of drug-likeness (QED) is 0.507. The largest absolute Gasteiger partial charge is 0.507 e. The molecule has 1 aliphatic rings. The second kappa shape index (κ2) is 5.91. The van der Waals surface area contributed by atoms with E-state index in [2.05, 4.69) is 20.0 Å². The van der Waals surface area contributed by atoms with Gasteiger partial charge in [-0.3, -0.25) is 10.2 Å². The molecule has 1 aromatic rings. The van der Waals surface area contributed by atoms with Gasteiger partial charge in [-0.25, -0.2) is 0 Å². The maximum absolute atomic E-state index is 13.2. The lowest BCUT2D eigenvalue weighted by atomic mass is 9.88. The molecule has 1 N–H and O–H groups in total. The molecule has 1 heterocycles. The van der Waals surface area contributed by atoms with E-state index in [9.17, 15) is 22.4 Å². The molecular weight excluding hydrogens is 346 g/mol. The van der Waals surface area contributed by atoms with Crippen LogP contribution in [0.1, 0.15) is 20.8 Å². The third-order valence-electron chi connectivity index (χ3n) is 3.06. The second-order valence-electron chi connectivity index (χ2n) is 6.16. The summed E-state index contributed by atoms with van der Waals surface area (Å²) in [7, 11) is 0. The summed E-state index contributed by atoms with van der Waals surface area (Å²) in [5, 5.41) is 12.6. The van der Waals surface area contributed by atoms with Crippen molar-refractivity contribution in [2.45, 2.75) is 33.0 Å². The van der Waals surface area contributed by atoms with Gasteiger partial charge in [0, 0.05) is 11.5 Å². The number of benzene rings is 1. The van der Waals surface area contributed by atoms with Gasteiger partial charge >= 0.3 is 12.2 Å². The lowest BCUT2D eigenvalue weighted by molar-refractivity contribution is -0.391. The number of alkyl halides is 4. The minimum atomic E-state index is -4.85. The van der Waals surface area contributed by atoms with Crippen molar-refractivity contribution in [1.82, 2.24) is 0 Å². The van der Waals surface area contributed by atoms with Crippen molar-refractivity contribution in [2.24, 2.45) is 10.5 Å². The molecule has 0 fully saturated rings. The molecule has 0 unspecified atom stereocenters.